The molecular weight excluding hydrogens is 356 g/mol. The van der Waals surface area contributed by atoms with Gasteiger partial charge in [0.05, 0.1) is 20.4 Å². The van der Waals surface area contributed by atoms with Crippen LogP contribution in [0.1, 0.15) is 15.9 Å². The van der Waals surface area contributed by atoms with Crippen molar-refractivity contribution in [1.29, 1.82) is 0 Å². The highest BCUT2D eigenvalue weighted by Crippen LogP contribution is 2.27. The van der Waals surface area contributed by atoms with Crippen LogP contribution < -0.4 is 19.6 Å². The molecule has 136 valence electrons. The number of hydrazone groups is 1. The summed E-state index contributed by atoms with van der Waals surface area (Å²) >= 11 is 6.00. The van der Waals surface area contributed by atoms with E-state index in [0.29, 0.717) is 40.0 Å². The minimum Gasteiger partial charge on any atom is -0.493 e. The van der Waals surface area contributed by atoms with E-state index in [1.54, 1.807) is 42.5 Å². The summed E-state index contributed by atoms with van der Waals surface area (Å²) in [7, 11) is 3.03. The highest BCUT2D eigenvalue weighted by molar-refractivity contribution is 6.30. The fourth-order valence-electron chi connectivity index (χ4n) is 2.10. The molecule has 0 saturated heterocycles. The standard InChI is InChI=1S/C19H19ClN2O4/c1-4-9-26-16-8-6-15(20)10-14(16)12-21-22-19(23)13-5-7-17(24-2)18(11-13)25-3/h4-8,10-12H,1,9H2,2-3H3,(H,22,23)/b21-12+. The number of carbonyl (C=O) groups is 1. The van der Waals surface area contributed by atoms with Crippen molar-refractivity contribution in [3.05, 3.63) is 65.2 Å². The maximum atomic E-state index is 12.2. The molecule has 2 aromatic rings. The molecule has 0 radical (unpaired) electrons. The van der Waals surface area contributed by atoms with Crippen LogP contribution in [0.2, 0.25) is 5.02 Å². The summed E-state index contributed by atoms with van der Waals surface area (Å²) in [5, 5.41) is 4.50. The van der Waals surface area contributed by atoms with Crippen molar-refractivity contribution in [1.82, 2.24) is 5.43 Å². The van der Waals surface area contributed by atoms with Crippen molar-refractivity contribution in [3.63, 3.8) is 0 Å². The maximum Gasteiger partial charge on any atom is 0.271 e. The summed E-state index contributed by atoms with van der Waals surface area (Å²) in [5.74, 6) is 1.19. The van der Waals surface area contributed by atoms with Crippen molar-refractivity contribution < 1.29 is 19.0 Å². The molecule has 0 aliphatic carbocycles. The van der Waals surface area contributed by atoms with Gasteiger partial charge in [-0.1, -0.05) is 24.3 Å². The lowest BCUT2D eigenvalue weighted by Crippen LogP contribution is -2.17. The molecule has 0 aliphatic heterocycles. The van der Waals surface area contributed by atoms with Crippen LogP contribution in [0, 0.1) is 0 Å². The van der Waals surface area contributed by atoms with Crippen LogP contribution in [-0.4, -0.2) is 32.9 Å². The van der Waals surface area contributed by atoms with Crippen LogP contribution in [0.5, 0.6) is 17.2 Å². The molecule has 0 bridgehead atoms. The summed E-state index contributed by atoms with van der Waals surface area (Å²) in [6.07, 6.45) is 3.09. The predicted molar refractivity (Wildman–Crippen MR) is 102 cm³/mol. The minimum atomic E-state index is -0.391. The number of rotatable bonds is 8. The van der Waals surface area contributed by atoms with Gasteiger partial charge in [-0.15, -0.1) is 0 Å². The number of ether oxygens (including phenoxy) is 3. The average Bonchev–Trinajstić information content (AvgIpc) is 2.66. The van der Waals surface area contributed by atoms with Crippen LogP contribution in [0.15, 0.2) is 54.2 Å². The zero-order valence-corrected chi connectivity index (χ0v) is 15.2. The smallest absolute Gasteiger partial charge is 0.271 e. The second-order valence-corrected chi connectivity index (χ2v) is 5.49. The van der Waals surface area contributed by atoms with E-state index in [0.717, 1.165) is 0 Å². The van der Waals surface area contributed by atoms with Gasteiger partial charge in [0.2, 0.25) is 0 Å². The van der Waals surface area contributed by atoms with E-state index >= 15 is 0 Å². The van der Waals surface area contributed by atoms with Crippen molar-refractivity contribution in [2.24, 2.45) is 5.10 Å². The van der Waals surface area contributed by atoms with E-state index in [-0.39, 0.29) is 0 Å². The average molecular weight is 375 g/mol. The first-order valence-corrected chi connectivity index (χ1v) is 8.05. The molecule has 0 heterocycles. The largest absolute Gasteiger partial charge is 0.493 e. The van der Waals surface area contributed by atoms with Crippen molar-refractivity contribution >= 4 is 23.7 Å². The summed E-state index contributed by atoms with van der Waals surface area (Å²) in [5.41, 5.74) is 3.47. The third kappa shape index (κ3) is 5.00. The number of nitrogens with zero attached hydrogens (tertiary/aromatic N) is 1. The van der Waals surface area contributed by atoms with Gasteiger partial charge in [-0.2, -0.15) is 5.10 Å². The normalized spacial score (nSPS) is 10.4. The van der Waals surface area contributed by atoms with Gasteiger partial charge in [-0.05, 0) is 36.4 Å². The number of halogens is 1. The Bertz CT molecular complexity index is 821. The fourth-order valence-corrected chi connectivity index (χ4v) is 2.28. The SMILES string of the molecule is C=CCOc1ccc(Cl)cc1/C=N/NC(=O)c1ccc(OC)c(OC)c1. The van der Waals surface area contributed by atoms with Gasteiger partial charge in [-0.25, -0.2) is 5.43 Å². The van der Waals surface area contributed by atoms with Crippen LogP contribution in [0.4, 0.5) is 0 Å². The Hall–Kier alpha value is -2.99. The Morgan fingerprint density at radius 2 is 1.88 bits per heavy atom. The molecule has 0 atom stereocenters. The van der Waals surface area contributed by atoms with Crippen LogP contribution in [0.3, 0.4) is 0 Å². The molecule has 2 aromatic carbocycles. The van der Waals surface area contributed by atoms with Gasteiger partial charge in [0, 0.05) is 16.1 Å². The molecule has 0 aromatic heterocycles. The Balaban J connectivity index is 2.12. The van der Waals surface area contributed by atoms with Gasteiger partial charge in [0.1, 0.15) is 12.4 Å². The van der Waals surface area contributed by atoms with Crippen molar-refractivity contribution in [3.8, 4) is 17.2 Å². The van der Waals surface area contributed by atoms with E-state index in [2.05, 4.69) is 17.1 Å². The van der Waals surface area contributed by atoms with Crippen LogP contribution in [-0.2, 0) is 0 Å². The quantitative estimate of drug-likeness (QED) is 0.434. The fraction of sp³-hybridized carbons (Fsp3) is 0.158. The second kappa shape index (κ2) is 9.48. The number of hydrogen-bond acceptors (Lipinski definition) is 5. The first kappa shape index (κ1) is 19.3. The highest BCUT2D eigenvalue weighted by Gasteiger charge is 2.10. The van der Waals surface area contributed by atoms with Gasteiger partial charge >= 0.3 is 0 Å². The van der Waals surface area contributed by atoms with Gasteiger partial charge in [-0.3, -0.25) is 4.79 Å². The molecule has 0 saturated carbocycles. The summed E-state index contributed by atoms with van der Waals surface area (Å²) in [6.45, 7) is 3.96. The van der Waals surface area contributed by atoms with E-state index in [4.69, 9.17) is 25.8 Å². The van der Waals surface area contributed by atoms with E-state index in [9.17, 15) is 4.79 Å². The third-order valence-electron chi connectivity index (χ3n) is 3.34. The lowest BCUT2D eigenvalue weighted by atomic mass is 10.2. The van der Waals surface area contributed by atoms with Gasteiger partial charge in [0.15, 0.2) is 11.5 Å². The zero-order valence-electron chi connectivity index (χ0n) is 14.5. The van der Waals surface area contributed by atoms with Crippen LogP contribution >= 0.6 is 11.6 Å². The van der Waals surface area contributed by atoms with Crippen molar-refractivity contribution in [2.75, 3.05) is 20.8 Å². The molecule has 0 aliphatic rings. The number of hydrogen-bond donors (Lipinski definition) is 1. The number of benzene rings is 2. The lowest BCUT2D eigenvalue weighted by Gasteiger charge is -2.09. The molecule has 2 rings (SSSR count). The number of nitrogens with one attached hydrogen (secondary N) is 1. The molecule has 0 spiro atoms. The van der Waals surface area contributed by atoms with Crippen molar-refractivity contribution in [2.45, 2.75) is 0 Å². The Morgan fingerprint density at radius 3 is 2.58 bits per heavy atom. The molecule has 6 nitrogen and oxygen atoms in total. The van der Waals surface area contributed by atoms with Crippen LogP contribution in [0.25, 0.3) is 0 Å². The summed E-state index contributed by atoms with van der Waals surface area (Å²) < 4.78 is 15.9. The first-order chi connectivity index (χ1) is 12.6. The molecule has 1 amide bonds. The molecule has 26 heavy (non-hydrogen) atoms. The minimum absolute atomic E-state index is 0.348. The maximum absolute atomic E-state index is 12.2. The first-order valence-electron chi connectivity index (χ1n) is 7.67. The predicted octanol–water partition coefficient (Wildman–Crippen LogP) is 3.69. The number of carbonyl (C=O) groups excluding carboxylic acids is 1. The molecule has 0 unspecified atom stereocenters. The van der Waals surface area contributed by atoms with E-state index in [1.807, 2.05) is 0 Å². The third-order valence-corrected chi connectivity index (χ3v) is 3.58. The van der Waals surface area contributed by atoms with E-state index in [1.165, 1.54) is 20.4 Å². The molecule has 0 fully saturated rings. The Labute approximate surface area is 157 Å². The lowest BCUT2D eigenvalue weighted by molar-refractivity contribution is 0.0954. The Morgan fingerprint density at radius 1 is 1.15 bits per heavy atom. The van der Waals surface area contributed by atoms with E-state index < -0.39 is 5.91 Å². The number of amides is 1. The monoisotopic (exact) mass is 374 g/mol. The van der Waals surface area contributed by atoms with Gasteiger partial charge < -0.3 is 14.2 Å². The molecular formula is C19H19ClN2O4. The molecule has 1 N–H and O–H groups in total. The summed E-state index contributed by atoms with van der Waals surface area (Å²) in [6, 6.07) is 9.95. The zero-order chi connectivity index (χ0) is 18.9. The highest BCUT2D eigenvalue weighted by atomic mass is 35.5. The Kier molecular flexibility index (Phi) is 7.05. The molecule has 7 heteroatoms. The second-order valence-electron chi connectivity index (χ2n) is 5.05. The summed E-state index contributed by atoms with van der Waals surface area (Å²) in [4.78, 5) is 12.2. The number of methoxy groups -OCH3 is 2. The van der Waals surface area contributed by atoms with Gasteiger partial charge in [0.25, 0.3) is 5.91 Å². The topological polar surface area (TPSA) is 69.2 Å².